The second-order valence-corrected chi connectivity index (χ2v) is 15.3. The molecule has 1 aliphatic carbocycles. The molecule has 0 spiro atoms. The minimum Gasteiger partial charge on any atom is -0.382 e. The van der Waals surface area contributed by atoms with Gasteiger partial charge in [0.25, 0.3) is 0 Å². The Balaban J connectivity index is 1.03. The summed E-state index contributed by atoms with van der Waals surface area (Å²) in [6, 6.07) is 7.49. The molecule has 7 rings (SSSR count). The minimum absolute atomic E-state index is 0.115. The van der Waals surface area contributed by atoms with Gasteiger partial charge in [-0.15, -0.1) is 0 Å². The van der Waals surface area contributed by atoms with Crippen molar-refractivity contribution in [3.8, 4) is 0 Å². The number of ether oxygens (including phenoxy) is 3. The summed E-state index contributed by atoms with van der Waals surface area (Å²) < 4.78 is 21.9. The average molecular weight is 617 g/mol. The number of nitrogen functional groups attached to an aromatic ring is 1. The number of H-pyrrole nitrogens is 1. The van der Waals surface area contributed by atoms with E-state index in [4.69, 9.17) is 24.9 Å². The second-order valence-electron chi connectivity index (χ2n) is 15.3. The highest BCUT2D eigenvalue weighted by Gasteiger charge is 2.62. The third kappa shape index (κ3) is 5.41. The Morgan fingerprint density at radius 1 is 1.09 bits per heavy atom. The lowest BCUT2D eigenvalue weighted by molar-refractivity contribution is -0.227. The van der Waals surface area contributed by atoms with Crippen molar-refractivity contribution < 1.29 is 14.2 Å². The van der Waals surface area contributed by atoms with E-state index in [1.54, 1.807) is 6.33 Å². The molecule has 0 amide bonds. The van der Waals surface area contributed by atoms with Crippen LogP contribution >= 0.6 is 0 Å². The van der Waals surface area contributed by atoms with Gasteiger partial charge in [0.05, 0.1) is 17.4 Å². The number of hydrogen-bond acceptors (Lipinski definition) is 9. The van der Waals surface area contributed by atoms with Crippen LogP contribution in [0.5, 0.6) is 0 Å². The highest BCUT2D eigenvalue weighted by Crippen LogP contribution is 2.48. The molecule has 1 saturated carbocycles. The summed E-state index contributed by atoms with van der Waals surface area (Å²) in [5.41, 5.74) is 10.0. The van der Waals surface area contributed by atoms with Gasteiger partial charge < -0.3 is 24.9 Å². The molecule has 11 heteroatoms. The van der Waals surface area contributed by atoms with E-state index in [0.717, 1.165) is 36.2 Å². The molecule has 3 aliphatic rings. The number of aryl methyl sites for hydroxylation is 1. The van der Waals surface area contributed by atoms with Crippen molar-refractivity contribution in [1.29, 1.82) is 0 Å². The molecule has 0 radical (unpaired) electrons. The van der Waals surface area contributed by atoms with Crippen LogP contribution in [0.4, 0.5) is 5.82 Å². The van der Waals surface area contributed by atoms with Gasteiger partial charge in [0.15, 0.2) is 23.0 Å². The monoisotopic (exact) mass is 616 g/mol. The number of hydrogen-bond donors (Lipinski definition) is 2. The number of fused-ring (bicyclic) bond motifs is 3. The number of aromatic nitrogens is 6. The van der Waals surface area contributed by atoms with E-state index in [-0.39, 0.29) is 23.7 Å². The fourth-order valence-electron chi connectivity index (χ4n) is 7.61. The maximum atomic E-state index is 6.91. The topological polar surface area (TPSA) is 129 Å². The quantitative estimate of drug-likeness (QED) is 0.271. The zero-order valence-corrected chi connectivity index (χ0v) is 27.9. The fourth-order valence-corrected chi connectivity index (χ4v) is 7.61. The van der Waals surface area contributed by atoms with Gasteiger partial charge in [0.2, 0.25) is 0 Å². The van der Waals surface area contributed by atoms with Crippen LogP contribution in [0.3, 0.4) is 0 Å². The Morgan fingerprint density at radius 3 is 2.60 bits per heavy atom. The predicted molar refractivity (Wildman–Crippen MR) is 174 cm³/mol. The van der Waals surface area contributed by atoms with Gasteiger partial charge in [-0.25, -0.2) is 19.9 Å². The Morgan fingerprint density at radius 2 is 1.87 bits per heavy atom. The zero-order chi connectivity index (χ0) is 31.9. The first-order valence-electron chi connectivity index (χ1n) is 16.4. The number of anilines is 1. The third-order valence-corrected chi connectivity index (χ3v) is 10.2. The van der Waals surface area contributed by atoms with Gasteiger partial charge in [-0.2, -0.15) is 0 Å². The smallest absolute Gasteiger partial charge is 0.174 e. The third-order valence-electron chi connectivity index (χ3n) is 10.2. The first kappa shape index (κ1) is 30.5. The summed E-state index contributed by atoms with van der Waals surface area (Å²) in [6.07, 6.45) is 6.90. The molecule has 45 heavy (non-hydrogen) atoms. The molecule has 3 aromatic heterocycles. The van der Waals surface area contributed by atoms with E-state index >= 15 is 0 Å². The summed E-state index contributed by atoms with van der Waals surface area (Å²) in [5.74, 6) is 1.39. The summed E-state index contributed by atoms with van der Waals surface area (Å²) in [7, 11) is 0. The molecule has 2 aliphatic heterocycles. The first-order valence-corrected chi connectivity index (χ1v) is 16.4. The molecular formula is C34H48N8O3. The second kappa shape index (κ2) is 10.7. The van der Waals surface area contributed by atoms with Crippen LogP contribution in [-0.4, -0.2) is 77.1 Å². The van der Waals surface area contributed by atoms with Gasteiger partial charge in [-0.1, -0.05) is 26.8 Å². The lowest BCUT2D eigenvalue weighted by Crippen LogP contribution is -2.52. The summed E-state index contributed by atoms with van der Waals surface area (Å²) in [5, 5.41) is 0. The van der Waals surface area contributed by atoms with Gasteiger partial charge in [0, 0.05) is 25.0 Å². The van der Waals surface area contributed by atoms with Crippen LogP contribution < -0.4 is 5.73 Å². The lowest BCUT2D eigenvalue weighted by atomic mass is 9.76. The van der Waals surface area contributed by atoms with Crippen LogP contribution in [0.15, 0.2) is 30.9 Å². The number of nitrogens with one attached hydrogen (secondary N) is 1. The molecule has 4 aromatic rings. The molecule has 5 heterocycles. The molecule has 11 nitrogen and oxygen atoms in total. The minimum atomic E-state index is -0.871. The first-order chi connectivity index (χ1) is 21.2. The molecule has 3 fully saturated rings. The van der Waals surface area contributed by atoms with E-state index in [2.05, 4.69) is 77.7 Å². The Hall–Kier alpha value is -3.12. The maximum Gasteiger partial charge on any atom is 0.174 e. The number of aromatic amines is 1. The number of benzene rings is 1. The Kier molecular flexibility index (Phi) is 7.27. The largest absolute Gasteiger partial charge is 0.382 e. The molecule has 242 valence electrons. The normalized spacial score (nSPS) is 29.7. The van der Waals surface area contributed by atoms with Crippen LogP contribution in [0, 0.1) is 5.92 Å². The van der Waals surface area contributed by atoms with Crippen LogP contribution in [0.2, 0.25) is 0 Å². The molecule has 4 atom stereocenters. The number of imidazole rings is 2. The van der Waals surface area contributed by atoms with E-state index in [1.165, 1.54) is 24.7 Å². The van der Waals surface area contributed by atoms with Gasteiger partial charge in [-0.3, -0.25) is 9.47 Å². The van der Waals surface area contributed by atoms with Crippen molar-refractivity contribution >= 4 is 28.0 Å². The molecule has 1 aromatic carbocycles. The number of nitrogens with zero attached hydrogens (tertiary/aromatic N) is 6. The predicted octanol–water partition coefficient (Wildman–Crippen LogP) is 5.30. The van der Waals surface area contributed by atoms with Crippen LogP contribution in [0.1, 0.15) is 86.0 Å². The van der Waals surface area contributed by atoms with Crippen LogP contribution in [-0.2, 0) is 31.8 Å². The van der Waals surface area contributed by atoms with Crippen molar-refractivity contribution in [3.63, 3.8) is 0 Å². The van der Waals surface area contributed by atoms with E-state index in [1.807, 2.05) is 25.3 Å². The lowest BCUT2D eigenvalue weighted by Gasteiger charge is -2.46. The Labute approximate surface area is 265 Å². The summed E-state index contributed by atoms with van der Waals surface area (Å²) >= 11 is 0. The SMILES string of the molecule is CC(C)N(CC1O[C@](C)(n2cnc3c(N)ncnc32)[C@@H]2OC(C)(C)O[C@H]12)C1CC(CCc2nc3cc(C(C)(C)C)ccc3[nH]2)C1. The standard InChI is InChI=1S/C34H48N8O3/c1-19(2)41(22-13-20(14-22)9-12-26-39-23-11-10-21(32(3,4)5)15-24(23)40-26)16-25-28-29(45-33(6,7)44-28)34(8,43-25)42-18-38-27-30(35)36-17-37-31(27)42/h10-11,15,17-20,22,25,28-29H,9,12-14,16H2,1-8H3,(H,39,40)(H2,35,36,37)/t20?,22?,25?,28-,29-,34+/m1/s1. The van der Waals surface area contributed by atoms with E-state index in [0.29, 0.717) is 35.0 Å². The molecular weight excluding hydrogens is 568 g/mol. The Bertz CT molecular complexity index is 1700. The van der Waals surface area contributed by atoms with E-state index < -0.39 is 11.5 Å². The van der Waals surface area contributed by atoms with Gasteiger partial charge >= 0.3 is 0 Å². The molecule has 0 bridgehead atoms. The summed E-state index contributed by atoms with van der Waals surface area (Å²) in [4.78, 5) is 24.2. The number of nitrogens with two attached hydrogens (primary N) is 1. The summed E-state index contributed by atoms with van der Waals surface area (Å²) in [6.45, 7) is 18.0. The van der Waals surface area contributed by atoms with Crippen molar-refractivity contribution in [3.05, 3.63) is 42.2 Å². The van der Waals surface area contributed by atoms with Crippen molar-refractivity contribution in [2.75, 3.05) is 12.3 Å². The fraction of sp³-hybridized carbons (Fsp3) is 0.647. The van der Waals surface area contributed by atoms with Gasteiger partial charge in [0.1, 0.15) is 36.0 Å². The average Bonchev–Trinajstić information content (AvgIpc) is 3.68. The molecule has 2 saturated heterocycles. The highest BCUT2D eigenvalue weighted by molar-refractivity contribution is 5.81. The van der Waals surface area contributed by atoms with E-state index in [9.17, 15) is 0 Å². The molecule has 3 N–H and O–H groups in total. The van der Waals surface area contributed by atoms with Crippen molar-refractivity contribution in [1.82, 2.24) is 34.4 Å². The number of rotatable bonds is 8. The van der Waals surface area contributed by atoms with Crippen molar-refractivity contribution in [2.45, 2.75) is 128 Å². The van der Waals surface area contributed by atoms with Crippen molar-refractivity contribution in [2.24, 2.45) is 5.92 Å². The maximum absolute atomic E-state index is 6.91. The zero-order valence-electron chi connectivity index (χ0n) is 27.9. The van der Waals surface area contributed by atoms with Gasteiger partial charge in [-0.05, 0) is 82.9 Å². The molecule has 1 unspecified atom stereocenters. The highest BCUT2D eigenvalue weighted by atomic mass is 16.8. The van der Waals surface area contributed by atoms with Crippen LogP contribution in [0.25, 0.3) is 22.2 Å².